The molecule has 2 aromatic rings. The van der Waals surface area contributed by atoms with E-state index in [-0.39, 0.29) is 11.3 Å². The van der Waals surface area contributed by atoms with Gasteiger partial charge in [0.2, 0.25) is 0 Å². The van der Waals surface area contributed by atoms with E-state index in [0.717, 1.165) is 11.6 Å². The molecule has 0 heterocycles. The average Bonchev–Trinajstić information content (AvgIpc) is 2.43. The summed E-state index contributed by atoms with van der Waals surface area (Å²) in [5, 5.41) is 17.5. The largest absolute Gasteiger partial charge is 0.454 e. The van der Waals surface area contributed by atoms with Crippen LogP contribution < -0.4 is 4.74 Å². The highest BCUT2D eigenvalue weighted by Gasteiger charge is 2.08. The van der Waals surface area contributed by atoms with Gasteiger partial charge in [-0.25, -0.2) is 4.39 Å². The third-order valence-corrected chi connectivity index (χ3v) is 2.60. The van der Waals surface area contributed by atoms with Gasteiger partial charge in [-0.1, -0.05) is 6.07 Å². The number of nitrogens with zero attached hydrogens (tertiary/aromatic N) is 2. The summed E-state index contributed by atoms with van der Waals surface area (Å²) in [5.41, 5.74) is 1.46. The Balaban J connectivity index is 2.37. The van der Waals surface area contributed by atoms with Crippen molar-refractivity contribution in [3.8, 4) is 23.6 Å². The van der Waals surface area contributed by atoms with Crippen LogP contribution in [0.2, 0.25) is 0 Å². The maximum atomic E-state index is 13.7. The number of hydrogen-bond acceptors (Lipinski definition) is 3. The molecule has 92 valence electrons. The van der Waals surface area contributed by atoms with E-state index < -0.39 is 5.82 Å². The molecule has 0 aliphatic carbocycles. The molecular formula is C15H9FN2O. The van der Waals surface area contributed by atoms with Crippen molar-refractivity contribution in [1.29, 1.82) is 10.5 Å². The van der Waals surface area contributed by atoms with Gasteiger partial charge in [0, 0.05) is 0 Å². The van der Waals surface area contributed by atoms with Gasteiger partial charge in [0.1, 0.15) is 5.75 Å². The molecule has 3 nitrogen and oxygen atoms in total. The van der Waals surface area contributed by atoms with Gasteiger partial charge in [0.15, 0.2) is 11.6 Å². The minimum Gasteiger partial charge on any atom is -0.454 e. The molecule has 0 bridgehead atoms. The molecule has 0 spiro atoms. The number of halogens is 1. The van der Waals surface area contributed by atoms with E-state index >= 15 is 0 Å². The van der Waals surface area contributed by atoms with Crippen molar-refractivity contribution < 1.29 is 9.13 Å². The van der Waals surface area contributed by atoms with Crippen molar-refractivity contribution in [3.63, 3.8) is 0 Å². The molecule has 0 saturated heterocycles. The van der Waals surface area contributed by atoms with E-state index in [4.69, 9.17) is 15.3 Å². The van der Waals surface area contributed by atoms with E-state index in [1.54, 1.807) is 25.1 Å². The fourth-order valence-corrected chi connectivity index (χ4v) is 1.55. The summed E-state index contributed by atoms with van der Waals surface area (Å²) in [4.78, 5) is 0. The van der Waals surface area contributed by atoms with Gasteiger partial charge in [-0.15, -0.1) is 0 Å². The summed E-state index contributed by atoms with van der Waals surface area (Å²) < 4.78 is 19.1. The van der Waals surface area contributed by atoms with Crippen molar-refractivity contribution in [3.05, 3.63) is 58.9 Å². The quantitative estimate of drug-likeness (QED) is 0.819. The molecule has 0 radical (unpaired) electrons. The molecule has 19 heavy (non-hydrogen) atoms. The summed E-state index contributed by atoms with van der Waals surface area (Å²) in [6, 6.07) is 12.8. The predicted octanol–water partition coefficient (Wildman–Crippen LogP) is 3.67. The van der Waals surface area contributed by atoms with Crippen molar-refractivity contribution in [2.45, 2.75) is 6.92 Å². The topological polar surface area (TPSA) is 56.8 Å². The highest BCUT2D eigenvalue weighted by Crippen LogP contribution is 2.28. The highest BCUT2D eigenvalue weighted by molar-refractivity contribution is 5.45. The van der Waals surface area contributed by atoms with Crippen LogP contribution in [0.15, 0.2) is 36.4 Å². The Morgan fingerprint density at radius 3 is 2.21 bits per heavy atom. The van der Waals surface area contributed by atoms with Crippen LogP contribution in [-0.2, 0) is 0 Å². The number of benzene rings is 2. The molecule has 0 saturated carbocycles. The predicted molar refractivity (Wildman–Crippen MR) is 67.1 cm³/mol. The van der Waals surface area contributed by atoms with Crippen molar-refractivity contribution >= 4 is 0 Å². The normalized spacial score (nSPS) is 9.47. The van der Waals surface area contributed by atoms with Crippen LogP contribution in [0.4, 0.5) is 4.39 Å². The standard InChI is InChI=1S/C15H9FN2O/c1-10-2-3-12(9-18)7-15(10)19-14-5-4-11(8-17)6-13(14)16/h2-7H,1H3. The van der Waals surface area contributed by atoms with E-state index in [1.165, 1.54) is 12.1 Å². The van der Waals surface area contributed by atoms with Crippen LogP contribution in [-0.4, -0.2) is 0 Å². The number of aryl methyl sites for hydroxylation is 1. The molecule has 0 N–H and O–H groups in total. The summed E-state index contributed by atoms with van der Waals surface area (Å²) in [7, 11) is 0. The Bertz CT molecular complexity index is 711. The Labute approximate surface area is 110 Å². The third kappa shape index (κ3) is 2.70. The number of rotatable bonds is 2. The van der Waals surface area contributed by atoms with Crippen LogP contribution in [0.3, 0.4) is 0 Å². The first kappa shape index (κ1) is 12.6. The first-order chi connectivity index (χ1) is 9.13. The Kier molecular flexibility index (Phi) is 3.45. The molecular weight excluding hydrogens is 243 g/mol. The SMILES string of the molecule is Cc1ccc(C#N)cc1Oc1ccc(C#N)cc1F. The molecule has 0 aliphatic heterocycles. The van der Waals surface area contributed by atoms with Gasteiger partial charge in [-0.3, -0.25) is 0 Å². The second-order valence-electron chi connectivity index (χ2n) is 3.95. The molecule has 0 unspecified atom stereocenters. The van der Waals surface area contributed by atoms with E-state index in [0.29, 0.717) is 11.3 Å². The lowest BCUT2D eigenvalue weighted by Crippen LogP contribution is -1.92. The van der Waals surface area contributed by atoms with E-state index in [9.17, 15) is 4.39 Å². The van der Waals surface area contributed by atoms with Crippen LogP contribution >= 0.6 is 0 Å². The Morgan fingerprint density at radius 2 is 1.58 bits per heavy atom. The highest BCUT2D eigenvalue weighted by atomic mass is 19.1. The Hall–Kier alpha value is -2.85. The minimum absolute atomic E-state index is 0.0252. The van der Waals surface area contributed by atoms with Crippen LogP contribution in [0, 0.1) is 35.4 Å². The summed E-state index contributed by atoms with van der Waals surface area (Å²) in [6.07, 6.45) is 0. The second kappa shape index (κ2) is 5.20. The zero-order valence-electron chi connectivity index (χ0n) is 10.1. The van der Waals surface area contributed by atoms with Crippen molar-refractivity contribution in [1.82, 2.24) is 0 Å². The summed E-state index contributed by atoms with van der Waals surface area (Å²) in [6.45, 7) is 1.80. The number of nitriles is 2. The monoisotopic (exact) mass is 252 g/mol. The molecule has 2 rings (SSSR count). The third-order valence-electron chi connectivity index (χ3n) is 2.60. The lowest BCUT2D eigenvalue weighted by Gasteiger charge is -2.09. The molecule has 0 aromatic heterocycles. The van der Waals surface area contributed by atoms with Gasteiger partial charge in [-0.05, 0) is 42.8 Å². The van der Waals surface area contributed by atoms with Gasteiger partial charge in [0.25, 0.3) is 0 Å². The van der Waals surface area contributed by atoms with Crippen LogP contribution in [0.25, 0.3) is 0 Å². The fourth-order valence-electron chi connectivity index (χ4n) is 1.55. The van der Waals surface area contributed by atoms with Crippen LogP contribution in [0.1, 0.15) is 16.7 Å². The first-order valence-electron chi connectivity index (χ1n) is 5.52. The van der Waals surface area contributed by atoms with Gasteiger partial charge >= 0.3 is 0 Å². The summed E-state index contributed by atoms with van der Waals surface area (Å²) in [5.74, 6) is -0.166. The number of hydrogen-bond donors (Lipinski definition) is 0. The second-order valence-corrected chi connectivity index (χ2v) is 3.95. The van der Waals surface area contributed by atoms with Crippen LogP contribution in [0.5, 0.6) is 11.5 Å². The van der Waals surface area contributed by atoms with Gasteiger partial charge in [0.05, 0.1) is 23.3 Å². The fraction of sp³-hybridized carbons (Fsp3) is 0.0667. The average molecular weight is 252 g/mol. The van der Waals surface area contributed by atoms with E-state index in [1.807, 2.05) is 12.1 Å². The smallest absolute Gasteiger partial charge is 0.167 e. The molecule has 0 fully saturated rings. The maximum absolute atomic E-state index is 13.7. The molecule has 0 amide bonds. The molecule has 2 aromatic carbocycles. The van der Waals surface area contributed by atoms with Crippen molar-refractivity contribution in [2.24, 2.45) is 0 Å². The lowest BCUT2D eigenvalue weighted by atomic mass is 10.1. The van der Waals surface area contributed by atoms with Gasteiger partial charge in [-0.2, -0.15) is 10.5 Å². The lowest BCUT2D eigenvalue weighted by molar-refractivity contribution is 0.439. The van der Waals surface area contributed by atoms with Gasteiger partial charge < -0.3 is 4.74 Å². The minimum atomic E-state index is -0.610. The summed E-state index contributed by atoms with van der Waals surface area (Å²) >= 11 is 0. The maximum Gasteiger partial charge on any atom is 0.167 e. The Morgan fingerprint density at radius 1 is 0.947 bits per heavy atom. The van der Waals surface area contributed by atoms with E-state index in [2.05, 4.69) is 0 Å². The molecule has 4 heteroatoms. The molecule has 0 aliphatic rings. The zero-order valence-corrected chi connectivity index (χ0v) is 10.1. The van der Waals surface area contributed by atoms with Crippen molar-refractivity contribution in [2.75, 3.05) is 0 Å². The zero-order chi connectivity index (χ0) is 13.8. The number of ether oxygens (including phenoxy) is 1. The first-order valence-corrected chi connectivity index (χ1v) is 5.52. The molecule has 0 atom stereocenters.